The Bertz CT molecular complexity index is 861. The van der Waals surface area contributed by atoms with Crippen molar-refractivity contribution in [2.24, 2.45) is 16.6 Å². The fourth-order valence-electron chi connectivity index (χ4n) is 3.72. The molecule has 1 fully saturated rings. The predicted octanol–water partition coefficient (Wildman–Crippen LogP) is 3.75. The molecule has 168 valence electrons. The fourth-order valence-corrected chi connectivity index (χ4v) is 3.72. The van der Waals surface area contributed by atoms with Crippen molar-refractivity contribution >= 4 is 24.1 Å². The van der Waals surface area contributed by atoms with E-state index in [0.29, 0.717) is 24.1 Å². The molecule has 6 nitrogen and oxygen atoms in total. The second-order valence-corrected chi connectivity index (χ2v) is 8.17. The molecule has 1 aromatic carbocycles. The van der Waals surface area contributed by atoms with Crippen LogP contribution in [0.5, 0.6) is 0 Å². The second-order valence-electron chi connectivity index (χ2n) is 8.17. The van der Waals surface area contributed by atoms with Crippen molar-refractivity contribution in [3.63, 3.8) is 0 Å². The molecular weight excluding hydrogens is 395 g/mol. The summed E-state index contributed by atoms with van der Waals surface area (Å²) in [5.74, 6) is -0.804. The Hall–Kier alpha value is -2.80. The third-order valence-electron chi connectivity index (χ3n) is 5.67. The molecule has 7 heteroatoms. The number of rotatable bonds is 8. The number of halogens is 1. The molecule has 0 radical (unpaired) electrons. The largest absolute Gasteiger partial charge is 0.348 e. The molecule has 1 aromatic rings. The molecule has 0 aromatic heterocycles. The number of nitrogens with zero attached hydrogens (tertiary/aromatic N) is 2. The second kappa shape index (κ2) is 11.0. The quantitative estimate of drug-likeness (QED) is 0.488. The third-order valence-corrected chi connectivity index (χ3v) is 5.67. The number of aliphatic imine (C=N–C) groups is 1. The number of benzene rings is 1. The summed E-state index contributed by atoms with van der Waals surface area (Å²) in [6, 6.07) is 5.94. The summed E-state index contributed by atoms with van der Waals surface area (Å²) in [4.78, 5) is 30.6. The first-order chi connectivity index (χ1) is 14.7. The van der Waals surface area contributed by atoms with Crippen LogP contribution in [0.15, 0.2) is 47.4 Å². The van der Waals surface area contributed by atoms with Crippen LogP contribution in [0, 0.1) is 5.92 Å². The van der Waals surface area contributed by atoms with Crippen molar-refractivity contribution in [2.75, 3.05) is 6.54 Å². The van der Waals surface area contributed by atoms with E-state index in [9.17, 15) is 14.0 Å². The SMILES string of the molecule is C=N/C=C(F)\C(=C/C)c1ccc(C(C)NC(=O)C2CCCN2C(=O)C(N)C(C)C)cc1. The third kappa shape index (κ3) is 5.88. The zero-order chi connectivity index (χ0) is 23.1. The average molecular weight is 429 g/mol. The monoisotopic (exact) mass is 428 g/mol. The fraction of sp³-hybridized carbons (Fsp3) is 0.458. The zero-order valence-electron chi connectivity index (χ0n) is 18.8. The van der Waals surface area contributed by atoms with Crippen molar-refractivity contribution in [3.8, 4) is 0 Å². The van der Waals surface area contributed by atoms with Gasteiger partial charge in [-0.15, -0.1) is 0 Å². The molecular formula is C24H33FN4O2. The Labute approximate surface area is 184 Å². The van der Waals surface area contributed by atoms with E-state index in [1.54, 1.807) is 30.0 Å². The maximum Gasteiger partial charge on any atom is 0.243 e. The summed E-state index contributed by atoms with van der Waals surface area (Å²) in [6.07, 6.45) is 4.15. The van der Waals surface area contributed by atoms with Gasteiger partial charge in [0.1, 0.15) is 11.9 Å². The minimum Gasteiger partial charge on any atom is -0.348 e. The van der Waals surface area contributed by atoms with Crippen LogP contribution >= 0.6 is 0 Å². The van der Waals surface area contributed by atoms with Gasteiger partial charge in [-0.3, -0.25) is 14.6 Å². The number of hydrogen-bond donors (Lipinski definition) is 2. The number of allylic oxidation sites excluding steroid dienone is 3. The maximum atomic E-state index is 14.1. The van der Waals surface area contributed by atoms with Crippen LogP contribution in [0.4, 0.5) is 4.39 Å². The van der Waals surface area contributed by atoms with Gasteiger partial charge in [0.15, 0.2) is 0 Å². The minimum atomic E-state index is -0.607. The Morgan fingerprint density at radius 3 is 2.48 bits per heavy atom. The van der Waals surface area contributed by atoms with Crippen molar-refractivity contribution < 1.29 is 14.0 Å². The Kier molecular flexibility index (Phi) is 8.68. The topological polar surface area (TPSA) is 87.8 Å². The summed E-state index contributed by atoms with van der Waals surface area (Å²) in [5.41, 5.74) is 8.03. The maximum absolute atomic E-state index is 14.1. The molecule has 2 amide bonds. The molecule has 2 rings (SSSR count). The van der Waals surface area contributed by atoms with Crippen LogP contribution < -0.4 is 11.1 Å². The summed E-state index contributed by atoms with van der Waals surface area (Å²) < 4.78 is 14.1. The first kappa shape index (κ1) is 24.5. The minimum absolute atomic E-state index is 0.0123. The Morgan fingerprint density at radius 1 is 1.29 bits per heavy atom. The van der Waals surface area contributed by atoms with Gasteiger partial charge < -0.3 is 16.0 Å². The molecule has 0 bridgehead atoms. The molecule has 3 unspecified atom stereocenters. The predicted molar refractivity (Wildman–Crippen MR) is 123 cm³/mol. The van der Waals surface area contributed by atoms with Crippen LogP contribution in [0.3, 0.4) is 0 Å². The standard InChI is InChI=1S/C24H33FN4O2/c1-6-19(20(25)14-27-5)18-11-9-17(10-12-18)16(4)28-23(30)21-8-7-13-29(21)24(31)22(26)15(2)3/h6,9-12,14-16,21-22H,5,7-8,13,26H2,1-4H3,(H,28,30)/b19-6-,20-14+. The highest BCUT2D eigenvalue weighted by Crippen LogP contribution is 2.26. The van der Waals surface area contributed by atoms with Crippen LogP contribution in [0.2, 0.25) is 0 Å². The van der Waals surface area contributed by atoms with Crippen LogP contribution in [-0.2, 0) is 9.59 Å². The number of carbonyl (C=O) groups is 2. The van der Waals surface area contributed by atoms with Crippen molar-refractivity contribution in [1.82, 2.24) is 10.2 Å². The van der Waals surface area contributed by atoms with Gasteiger partial charge in [0.2, 0.25) is 11.8 Å². The van der Waals surface area contributed by atoms with E-state index in [0.717, 1.165) is 18.2 Å². The van der Waals surface area contributed by atoms with Crippen molar-refractivity contribution in [2.45, 2.75) is 58.7 Å². The molecule has 0 saturated carbocycles. The zero-order valence-corrected chi connectivity index (χ0v) is 18.8. The van der Waals surface area contributed by atoms with E-state index in [1.165, 1.54) is 0 Å². The molecule has 1 saturated heterocycles. The Morgan fingerprint density at radius 2 is 1.94 bits per heavy atom. The lowest BCUT2D eigenvalue weighted by atomic mass is 10.00. The molecule has 31 heavy (non-hydrogen) atoms. The van der Waals surface area contributed by atoms with Gasteiger partial charge >= 0.3 is 0 Å². The van der Waals surface area contributed by atoms with E-state index in [2.05, 4.69) is 17.0 Å². The molecule has 1 aliphatic rings. The van der Waals surface area contributed by atoms with Gasteiger partial charge in [-0.25, -0.2) is 4.39 Å². The highest BCUT2D eigenvalue weighted by atomic mass is 19.1. The van der Waals surface area contributed by atoms with Crippen molar-refractivity contribution in [3.05, 3.63) is 53.5 Å². The highest BCUT2D eigenvalue weighted by molar-refractivity contribution is 5.90. The van der Waals surface area contributed by atoms with E-state index in [1.807, 2.05) is 32.9 Å². The van der Waals surface area contributed by atoms with Crippen LogP contribution in [-0.4, -0.2) is 42.1 Å². The number of likely N-dealkylation sites (tertiary alicyclic amines) is 1. The van der Waals surface area contributed by atoms with Gasteiger partial charge in [0, 0.05) is 12.1 Å². The molecule has 0 spiro atoms. The molecule has 0 aliphatic carbocycles. The van der Waals surface area contributed by atoms with Gasteiger partial charge in [-0.1, -0.05) is 44.2 Å². The summed E-state index contributed by atoms with van der Waals surface area (Å²) >= 11 is 0. The molecule has 3 atom stereocenters. The summed E-state index contributed by atoms with van der Waals surface area (Å²) in [7, 11) is 0. The van der Waals surface area contributed by atoms with Crippen molar-refractivity contribution in [1.29, 1.82) is 0 Å². The number of amides is 2. The summed E-state index contributed by atoms with van der Waals surface area (Å²) in [6.45, 7) is 11.3. The number of nitrogens with two attached hydrogens (primary N) is 1. The first-order valence-corrected chi connectivity index (χ1v) is 10.7. The molecule has 1 aliphatic heterocycles. The van der Waals surface area contributed by atoms with E-state index in [-0.39, 0.29) is 23.8 Å². The average Bonchev–Trinajstić information content (AvgIpc) is 3.23. The Balaban J connectivity index is 2.08. The number of nitrogens with one attached hydrogen (secondary N) is 1. The van der Waals surface area contributed by atoms with E-state index >= 15 is 0 Å². The smallest absolute Gasteiger partial charge is 0.243 e. The van der Waals surface area contributed by atoms with Gasteiger partial charge in [0.05, 0.1) is 18.3 Å². The molecule has 3 N–H and O–H groups in total. The highest BCUT2D eigenvalue weighted by Gasteiger charge is 2.37. The summed E-state index contributed by atoms with van der Waals surface area (Å²) in [5, 5.41) is 3.00. The first-order valence-electron chi connectivity index (χ1n) is 10.7. The van der Waals surface area contributed by atoms with E-state index < -0.39 is 17.9 Å². The van der Waals surface area contributed by atoms with Crippen LogP contribution in [0.25, 0.3) is 5.57 Å². The van der Waals surface area contributed by atoms with Crippen LogP contribution in [0.1, 0.15) is 57.7 Å². The van der Waals surface area contributed by atoms with E-state index in [4.69, 9.17) is 5.73 Å². The van der Waals surface area contributed by atoms with Gasteiger partial charge in [-0.05, 0) is 50.5 Å². The lowest BCUT2D eigenvalue weighted by Gasteiger charge is -2.29. The number of carbonyl (C=O) groups excluding carboxylic acids is 2. The normalized spacial score (nSPS) is 19.3. The number of hydrogen-bond acceptors (Lipinski definition) is 4. The lowest BCUT2D eigenvalue weighted by Crippen LogP contribution is -2.52. The van der Waals surface area contributed by atoms with Gasteiger partial charge in [-0.2, -0.15) is 0 Å². The van der Waals surface area contributed by atoms with Gasteiger partial charge in [0.25, 0.3) is 0 Å². The lowest BCUT2D eigenvalue weighted by molar-refractivity contribution is -0.140. The molecule has 1 heterocycles.